The second-order valence-electron chi connectivity index (χ2n) is 6.45. The second kappa shape index (κ2) is 9.61. The lowest BCUT2D eigenvalue weighted by Gasteiger charge is -2.21. The first-order valence-electron chi connectivity index (χ1n) is 9.00. The van der Waals surface area contributed by atoms with Crippen LogP contribution in [-0.2, 0) is 6.42 Å². The second-order valence-corrected chi connectivity index (χ2v) is 6.45. The Morgan fingerprint density at radius 3 is 2.23 bits per heavy atom. The molecule has 0 saturated heterocycles. The molecule has 0 heterocycles. The molecule has 26 heavy (non-hydrogen) atoms. The number of hydrogen-bond donors (Lipinski definition) is 2. The zero-order chi connectivity index (χ0) is 18.9. The molecule has 0 aliphatic carbocycles. The third-order valence-electron chi connectivity index (χ3n) is 3.99. The number of benzene rings is 2. The van der Waals surface area contributed by atoms with E-state index in [2.05, 4.69) is 22.8 Å². The van der Waals surface area contributed by atoms with Crippen LogP contribution in [0.15, 0.2) is 54.6 Å². The first kappa shape index (κ1) is 19.5. The Morgan fingerprint density at radius 2 is 1.65 bits per heavy atom. The Bertz CT molecular complexity index is 712. The summed E-state index contributed by atoms with van der Waals surface area (Å²) in [5, 5.41) is 5.52. The molecule has 0 fully saturated rings. The predicted octanol–water partition coefficient (Wildman–Crippen LogP) is 3.92. The van der Waals surface area contributed by atoms with Gasteiger partial charge in [0.1, 0.15) is 0 Å². The Morgan fingerprint density at radius 1 is 1.00 bits per heavy atom. The van der Waals surface area contributed by atoms with Crippen LogP contribution in [0.1, 0.15) is 36.7 Å². The highest BCUT2D eigenvalue weighted by molar-refractivity contribution is 5.95. The van der Waals surface area contributed by atoms with E-state index in [9.17, 15) is 9.59 Å². The smallest absolute Gasteiger partial charge is 0.319 e. The standard InChI is InChI=1S/C21H27N3O2/c1-4-24(15-14-17-8-6-5-7-9-17)20(25)18-10-12-19(13-11-18)23-21(26)22-16(2)3/h5-13,16H,4,14-15H2,1-3H3,(H2,22,23,26). The molecule has 0 saturated carbocycles. The van der Waals surface area contributed by atoms with Gasteiger partial charge in [-0.05, 0) is 57.0 Å². The number of carbonyl (C=O) groups is 2. The molecule has 5 nitrogen and oxygen atoms in total. The van der Waals surface area contributed by atoms with E-state index < -0.39 is 0 Å². The van der Waals surface area contributed by atoms with Gasteiger partial charge in [0.05, 0.1) is 0 Å². The van der Waals surface area contributed by atoms with Crippen molar-refractivity contribution in [3.63, 3.8) is 0 Å². The number of likely N-dealkylation sites (N-methyl/N-ethyl adjacent to an activating group) is 1. The highest BCUT2D eigenvalue weighted by Gasteiger charge is 2.14. The van der Waals surface area contributed by atoms with E-state index in [-0.39, 0.29) is 18.0 Å². The number of amides is 3. The van der Waals surface area contributed by atoms with E-state index in [1.807, 2.05) is 43.9 Å². The summed E-state index contributed by atoms with van der Waals surface area (Å²) >= 11 is 0. The third kappa shape index (κ3) is 5.92. The molecule has 0 spiro atoms. The maximum Gasteiger partial charge on any atom is 0.319 e. The van der Waals surface area contributed by atoms with Crippen molar-refractivity contribution in [1.82, 2.24) is 10.2 Å². The van der Waals surface area contributed by atoms with Crippen LogP contribution in [0.2, 0.25) is 0 Å². The van der Waals surface area contributed by atoms with Crippen molar-refractivity contribution in [3.8, 4) is 0 Å². The van der Waals surface area contributed by atoms with E-state index in [1.54, 1.807) is 24.3 Å². The molecule has 2 aromatic carbocycles. The van der Waals surface area contributed by atoms with Crippen LogP contribution >= 0.6 is 0 Å². The fourth-order valence-corrected chi connectivity index (χ4v) is 2.62. The van der Waals surface area contributed by atoms with Gasteiger partial charge in [-0.25, -0.2) is 4.79 Å². The van der Waals surface area contributed by atoms with Crippen molar-refractivity contribution in [1.29, 1.82) is 0 Å². The molecule has 0 aliphatic rings. The lowest BCUT2D eigenvalue weighted by molar-refractivity contribution is 0.0766. The van der Waals surface area contributed by atoms with Gasteiger partial charge >= 0.3 is 6.03 Å². The summed E-state index contributed by atoms with van der Waals surface area (Å²) in [7, 11) is 0. The van der Waals surface area contributed by atoms with Gasteiger partial charge in [-0.15, -0.1) is 0 Å². The van der Waals surface area contributed by atoms with Crippen molar-refractivity contribution in [2.24, 2.45) is 0 Å². The first-order chi connectivity index (χ1) is 12.5. The SMILES string of the molecule is CCN(CCc1ccccc1)C(=O)c1ccc(NC(=O)NC(C)C)cc1. The highest BCUT2D eigenvalue weighted by Crippen LogP contribution is 2.12. The summed E-state index contributed by atoms with van der Waals surface area (Å²) in [5.41, 5.74) is 2.50. The fourth-order valence-electron chi connectivity index (χ4n) is 2.62. The Hall–Kier alpha value is -2.82. The molecule has 0 bridgehead atoms. The minimum Gasteiger partial charge on any atom is -0.339 e. The zero-order valence-electron chi connectivity index (χ0n) is 15.7. The minimum absolute atomic E-state index is 0.00149. The zero-order valence-corrected chi connectivity index (χ0v) is 15.7. The van der Waals surface area contributed by atoms with Crippen LogP contribution < -0.4 is 10.6 Å². The van der Waals surface area contributed by atoms with Gasteiger partial charge in [0, 0.05) is 30.4 Å². The van der Waals surface area contributed by atoms with Gasteiger partial charge < -0.3 is 15.5 Å². The Labute approximate surface area is 155 Å². The molecule has 0 atom stereocenters. The van der Waals surface area contributed by atoms with Gasteiger partial charge in [-0.3, -0.25) is 4.79 Å². The van der Waals surface area contributed by atoms with Crippen molar-refractivity contribution in [3.05, 3.63) is 65.7 Å². The van der Waals surface area contributed by atoms with Gasteiger partial charge in [-0.2, -0.15) is 0 Å². The number of nitrogens with zero attached hydrogens (tertiary/aromatic N) is 1. The summed E-state index contributed by atoms with van der Waals surface area (Å²) in [6, 6.07) is 17.0. The van der Waals surface area contributed by atoms with Crippen LogP contribution in [-0.4, -0.2) is 36.0 Å². The van der Waals surface area contributed by atoms with Gasteiger partial charge in [0.15, 0.2) is 0 Å². The number of urea groups is 1. The van der Waals surface area contributed by atoms with Crippen LogP contribution in [0.3, 0.4) is 0 Å². The predicted molar refractivity (Wildman–Crippen MR) is 105 cm³/mol. The summed E-state index contributed by atoms with van der Waals surface area (Å²) in [6.45, 7) is 7.11. The summed E-state index contributed by atoms with van der Waals surface area (Å²) in [6.07, 6.45) is 0.829. The molecule has 0 aliphatic heterocycles. The Kier molecular flexibility index (Phi) is 7.21. The molecule has 2 N–H and O–H groups in total. The van der Waals surface area contributed by atoms with E-state index in [0.29, 0.717) is 24.3 Å². The molecule has 138 valence electrons. The normalized spacial score (nSPS) is 10.5. The van der Waals surface area contributed by atoms with Crippen molar-refractivity contribution < 1.29 is 9.59 Å². The molecule has 3 amide bonds. The highest BCUT2D eigenvalue weighted by atomic mass is 16.2. The number of rotatable bonds is 7. The van der Waals surface area contributed by atoms with E-state index in [4.69, 9.17) is 0 Å². The minimum atomic E-state index is -0.253. The first-order valence-corrected chi connectivity index (χ1v) is 9.00. The molecule has 2 aromatic rings. The van der Waals surface area contributed by atoms with Crippen LogP contribution in [0.25, 0.3) is 0 Å². The van der Waals surface area contributed by atoms with Gasteiger partial charge in [0.2, 0.25) is 0 Å². The average molecular weight is 353 g/mol. The summed E-state index contributed by atoms with van der Waals surface area (Å²) in [4.78, 5) is 26.3. The van der Waals surface area contributed by atoms with Crippen molar-refractivity contribution in [2.75, 3.05) is 18.4 Å². The van der Waals surface area contributed by atoms with Gasteiger partial charge in [0.25, 0.3) is 5.91 Å². The van der Waals surface area contributed by atoms with Crippen LogP contribution in [0.5, 0.6) is 0 Å². The van der Waals surface area contributed by atoms with E-state index in [0.717, 1.165) is 6.42 Å². The Balaban J connectivity index is 1.95. The average Bonchev–Trinajstić information content (AvgIpc) is 2.63. The quantitative estimate of drug-likeness (QED) is 0.792. The molecule has 2 rings (SSSR count). The van der Waals surface area contributed by atoms with E-state index >= 15 is 0 Å². The number of carbonyl (C=O) groups excluding carboxylic acids is 2. The number of anilines is 1. The van der Waals surface area contributed by atoms with Crippen LogP contribution in [0.4, 0.5) is 10.5 Å². The lowest BCUT2D eigenvalue weighted by Crippen LogP contribution is -2.34. The number of nitrogens with one attached hydrogen (secondary N) is 2. The molecular weight excluding hydrogens is 326 g/mol. The molecule has 0 unspecified atom stereocenters. The molecule has 0 radical (unpaired) electrons. The van der Waals surface area contributed by atoms with Crippen LogP contribution in [0, 0.1) is 0 Å². The van der Waals surface area contributed by atoms with Gasteiger partial charge in [-0.1, -0.05) is 30.3 Å². The summed E-state index contributed by atoms with van der Waals surface area (Å²) in [5.74, 6) is 0.00149. The molecule has 0 aromatic heterocycles. The topological polar surface area (TPSA) is 61.4 Å². The maximum absolute atomic E-state index is 12.7. The lowest BCUT2D eigenvalue weighted by atomic mass is 10.1. The van der Waals surface area contributed by atoms with Crippen molar-refractivity contribution in [2.45, 2.75) is 33.2 Å². The molecular formula is C21H27N3O2. The largest absolute Gasteiger partial charge is 0.339 e. The number of hydrogen-bond acceptors (Lipinski definition) is 2. The monoisotopic (exact) mass is 353 g/mol. The third-order valence-corrected chi connectivity index (χ3v) is 3.99. The maximum atomic E-state index is 12.7. The van der Waals surface area contributed by atoms with Crippen molar-refractivity contribution >= 4 is 17.6 Å². The molecule has 5 heteroatoms. The summed E-state index contributed by atoms with van der Waals surface area (Å²) < 4.78 is 0. The fraction of sp³-hybridized carbons (Fsp3) is 0.333. The van der Waals surface area contributed by atoms with E-state index in [1.165, 1.54) is 5.56 Å².